The quantitative estimate of drug-likeness (QED) is 0.857. The van der Waals surface area contributed by atoms with Gasteiger partial charge in [-0.2, -0.15) is 0 Å². The number of nitrogens with zero attached hydrogens (tertiary/aromatic N) is 1. The van der Waals surface area contributed by atoms with E-state index in [9.17, 15) is 4.79 Å². The second kappa shape index (κ2) is 6.73. The molecule has 23 heavy (non-hydrogen) atoms. The van der Waals surface area contributed by atoms with Crippen molar-refractivity contribution in [3.05, 3.63) is 54.1 Å². The molecule has 0 saturated heterocycles. The van der Waals surface area contributed by atoms with Crippen LogP contribution in [-0.2, 0) is 0 Å². The summed E-state index contributed by atoms with van der Waals surface area (Å²) in [5.74, 6) is 0.926. The van der Waals surface area contributed by atoms with E-state index in [1.165, 1.54) is 0 Å². The predicted octanol–water partition coefficient (Wildman–Crippen LogP) is 3.59. The van der Waals surface area contributed by atoms with Crippen molar-refractivity contribution < 1.29 is 9.53 Å². The Kier molecular flexibility index (Phi) is 4.51. The summed E-state index contributed by atoms with van der Waals surface area (Å²) >= 11 is 0. The molecule has 1 heterocycles. The monoisotopic (exact) mass is 310 g/mol. The molecule has 0 amide bonds. The Balaban J connectivity index is 1.75. The minimum absolute atomic E-state index is 0.110. The van der Waals surface area contributed by atoms with Crippen molar-refractivity contribution >= 4 is 17.2 Å². The van der Waals surface area contributed by atoms with Crippen LogP contribution in [0.4, 0.5) is 11.4 Å². The van der Waals surface area contributed by atoms with Crippen LogP contribution in [0, 0.1) is 0 Å². The van der Waals surface area contributed by atoms with E-state index >= 15 is 0 Å². The number of ether oxygens (including phenoxy) is 1. The summed E-state index contributed by atoms with van der Waals surface area (Å²) in [6.45, 7) is 6.00. The first kappa shape index (κ1) is 15.4. The van der Waals surface area contributed by atoms with E-state index in [4.69, 9.17) is 4.74 Å². The van der Waals surface area contributed by atoms with Gasteiger partial charge in [-0.05, 0) is 44.2 Å². The van der Waals surface area contributed by atoms with Gasteiger partial charge >= 0.3 is 0 Å². The minimum Gasteiger partial charge on any atom is -0.487 e. The summed E-state index contributed by atoms with van der Waals surface area (Å²) in [5, 5.41) is 3.32. The second-order valence-corrected chi connectivity index (χ2v) is 5.79. The fourth-order valence-electron chi connectivity index (χ4n) is 2.75. The SMILES string of the molecule is CCN(CC(=O)c1ccc2c(c1)NCC(C)O2)c1ccccc1. The number of para-hydroxylation sites is 1. The van der Waals surface area contributed by atoms with Gasteiger partial charge in [-0.3, -0.25) is 4.79 Å². The van der Waals surface area contributed by atoms with Gasteiger partial charge in [-0.15, -0.1) is 0 Å². The number of ketones is 1. The number of carbonyl (C=O) groups is 1. The Morgan fingerprint density at radius 3 is 2.78 bits per heavy atom. The zero-order valence-electron chi connectivity index (χ0n) is 13.6. The van der Waals surface area contributed by atoms with Gasteiger partial charge in [0.15, 0.2) is 5.78 Å². The van der Waals surface area contributed by atoms with E-state index in [0.717, 1.165) is 30.2 Å². The van der Waals surface area contributed by atoms with Crippen molar-refractivity contribution in [2.24, 2.45) is 0 Å². The van der Waals surface area contributed by atoms with Crippen LogP contribution in [0.5, 0.6) is 5.75 Å². The number of carbonyl (C=O) groups excluding carboxylic acids is 1. The summed E-state index contributed by atoms with van der Waals surface area (Å²) in [6.07, 6.45) is 0.151. The number of hydrogen-bond donors (Lipinski definition) is 1. The van der Waals surface area contributed by atoms with Gasteiger partial charge in [0, 0.05) is 17.8 Å². The first-order valence-corrected chi connectivity index (χ1v) is 8.05. The van der Waals surface area contributed by atoms with Crippen molar-refractivity contribution in [1.82, 2.24) is 0 Å². The third-order valence-corrected chi connectivity index (χ3v) is 4.05. The zero-order chi connectivity index (χ0) is 16.2. The summed E-state index contributed by atoms with van der Waals surface area (Å²) in [5.41, 5.74) is 2.68. The molecule has 0 spiro atoms. The predicted molar refractivity (Wildman–Crippen MR) is 93.7 cm³/mol. The molecule has 1 aliphatic heterocycles. The highest BCUT2D eigenvalue weighted by Gasteiger charge is 2.18. The number of fused-ring (bicyclic) bond motifs is 1. The van der Waals surface area contributed by atoms with Crippen LogP contribution in [0.2, 0.25) is 0 Å². The van der Waals surface area contributed by atoms with Gasteiger partial charge in [-0.1, -0.05) is 18.2 Å². The van der Waals surface area contributed by atoms with Crippen molar-refractivity contribution in [3.8, 4) is 5.75 Å². The van der Waals surface area contributed by atoms with Crippen molar-refractivity contribution in [2.75, 3.05) is 29.9 Å². The lowest BCUT2D eigenvalue weighted by atomic mass is 10.1. The molecule has 0 aromatic heterocycles. The molecule has 1 atom stereocenters. The highest BCUT2D eigenvalue weighted by Crippen LogP contribution is 2.30. The molecule has 1 unspecified atom stereocenters. The van der Waals surface area contributed by atoms with Crippen LogP contribution >= 0.6 is 0 Å². The van der Waals surface area contributed by atoms with E-state index in [-0.39, 0.29) is 11.9 Å². The zero-order valence-corrected chi connectivity index (χ0v) is 13.6. The van der Waals surface area contributed by atoms with Gasteiger partial charge in [-0.25, -0.2) is 0 Å². The summed E-state index contributed by atoms with van der Waals surface area (Å²) < 4.78 is 5.75. The molecule has 0 saturated carbocycles. The van der Waals surface area contributed by atoms with Gasteiger partial charge in [0.1, 0.15) is 11.9 Å². The van der Waals surface area contributed by atoms with Crippen LogP contribution < -0.4 is 15.0 Å². The third kappa shape index (κ3) is 3.47. The van der Waals surface area contributed by atoms with Crippen LogP contribution in [0.1, 0.15) is 24.2 Å². The number of benzene rings is 2. The molecular formula is C19H22N2O2. The highest BCUT2D eigenvalue weighted by molar-refractivity contribution is 6.00. The molecule has 0 aliphatic carbocycles. The Morgan fingerprint density at radius 1 is 1.26 bits per heavy atom. The molecule has 4 nitrogen and oxygen atoms in total. The van der Waals surface area contributed by atoms with Crippen molar-refractivity contribution in [2.45, 2.75) is 20.0 Å². The van der Waals surface area contributed by atoms with Crippen molar-refractivity contribution in [3.63, 3.8) is 0 Å². The molecule has 2 aromatic carbocycles. The maximum absolute atomic E-state index is 12.6. The molecule has 0 fully saturated rings. The fraction of sp³-hybridized carbons (Fsp3) is 0.316. The van der Waals surface area contributed by atoms with E-state index in [2.05, 4.69) is 17.1 Å². The summed E-state index contributed by atoms with van der Waals surface area (Å²) in [6, 6.07) is 15.6. The number of nitrogens with one attached hydrogen (secondary N) is 1. The Labute approximate surface area is 137 Å². The van der Waals surface area contributed by atoms with Crippen LogP contribution in [-0.4, -0.2) is 31.5 Å². The highest BCUT2D eigenvalue weighted by atomic mass is 16.5. The smallest absolute Gasteiger partial charge is 0.182 e. The average molecular weight is 310 g/mol. The van der Waals surface area contributed by atoms with Crippen molar-refractivity contribution in [1.29, 1.82) is 0 Å². The minimum atomic E-state index is 0.110. The Hall–Kier alpha value is -2.49. The molecule has 4 heteroatoms. The first-order valence-electron chi connectivity index (χ1n) is 8.05. The number of rotatable bonds is 5. The van der Waals surface area contributed by atoms with E-state index < -0.39 is 0 Å². The van der Waals surface area contributed by atoms with Gasteiger partial charge < -0.3 is 15.0 Å². The maximum Gasteiger partial charge on any atom is 0.182 e. The number of anilines is 2. The lowest BCUT2D eigenvalue weighted by Crippen LogP contribution is -2.30. The number of hydrogen-bond acceptors (Lipinski definition) is 4. The molecule has 0 bridgehead atoms. The van der Waals surface area contributed by atoms with E-state index in [1.807, 2.05) is 55.5 Å². The van der Waals surface area contributed by atoms with Crippen LogP contribution in [0.3, 0.4) is 0 Å². The molecule has 120 valence electrons. The maximum atomic E-state index is 12.6. The van der Waals surface area contributed by atoms with Gasteiger partial charge in [0.25, 0.3) is 0 Å². The number of likely N-dealkylation sites (N-methyl/N-ethyl adjacent to an activating group) is 1. The summed E-state index contributed by atoms with van der Waals surface area (Å²) in [7, 11) is 0. The molecule has 1 N–H and O–H groups in total. The number of Topliss-reactive ketones (excluding diaryl/α,β-unsaturated/α-hetero) is 1. The lowest BCUT2D eigenvalue weighted by Gasteiger charge is -2.26. The van der Waals surface area contributed by atoms with Crippen LogP contribution in [0.25, 0.3) is 0 Å². The standard InChI is InChI=1S/C19H22N2O2/c1-3-21(16-7-5-4-6-8-16)13-18(22)15-9-10-19-17(11-15)20-12-14(2)23-19/h4-11,14,20H,3,12-13H2,1-2H3. The third-order valence-electron chi connectivity index (χ3n) is 4.05. The molecule has 1 aliphatic rings. The van der Waals surface area contributed by atoms with E-state index in [0.29, 0.717) is 12.1 Å². The fourth-order valence-corrected chi connectivity index (χ4v) is 2.75. The average Bonchev–Trinajstić information content (AvgIpc) is 2.59. The largest absolute Gasteiger partial charge is 0.487 e. The Bertz CT molecular complexity index is 685. The van der Waals surface area contributed by atoms with Crippen LogP contribution in [0.15, 0.2) is 48.5 Å². The molecule has 2 aromatic rings. The molecule has 3 rings (SSSR count). The van der Waals surface area contributed by atoms with Gasteiger partial charge in [0.2, 0.25) is 0 Å². The Morgan fingerprint density at radius 2 is 2.04 bits per heavy atom. The lowest BCUT2D eigenvalue weighted by molar-refractivity contribution is 0.0999. The van der Waals surface area contributed by atoms with Gasteiger partial charge in [0.05, 0.1) is 18.8 Å². The normalized spacial score (nSPS) is 16.0. The van der Waals surface area contributed by atoms with E-state index in [1.54, 1.807) is 0 Å². The molecular weight excluding hydrogens is 288 g/mol. The molecule has 0 radical (unpaired) electrons. The second-order valence-electron chi connectivity index (χ2n) is 5.79. The summed E-state index contributed by atoms with van der Waals surface area (Å²) in [4.78, 5) is 14.7. The topological polar surface area (TPSA) is 41.6 Å². The first-order chi connectivity index (χ1) is 11.2.